The van der Waals surface area contributed by atoms with Gasteiger partial charge in [-0.1, -0.05) is 0 Å². The summed E-state index contributed by atoms with van der Waals surface area (Å²) in [6.45, 7) is 2.05. The van der Waals surface area contributed by atoms with E-state index < -0.39 is 0 Å². The Morgan fingerprint density at radius 2 is 2.17 bits per heavy atom. The number of hydrogen-bond acceptors (Lipinski definition) is 4. The van der Waals surface area contributed by atoms with E-state index in [9.17, 15) is 0 Å². The minimum atomic E-state index is 0.674. The van der Waals surface area contributed by atoms with E-state index >= 15 is 0 Å². The number of nitrogens with two attached hydrogens (primary N) is 1. The smallest absolute Gasteiger partial charge is 0.141 e. The lowest BCUT2D eigenvalue weighted by Crippen LogP contribution is -2.26. The number of fused-ring (bicyclic) bond motifs is 1. The summed E-state index contributed by atoms with van der Waals surface area (Å²) < 4.78 is 0. The zero-order chi connectivity index (χ0) is 8.72. The van der Waals surface area contributed by atoms with Crippen LogP contribution in [0.5, 0.6) is 0 Å². The second-order valence-corrected chi connectivity index (χ2v) is 3.05. The van der Waals surface area contributed by atoms with Crippen molar-refractivity contribution >= 4 is 0 Å². The summed E-state index contributed by atoms with van der Waals surface area (Å²) in [6, 6.07) is 0. The van der Waals surface area contributed by atoms with Crippen LogP contribution < -0.4 is 16.6 Å². The number of allylic oxidation sites excluding steroid dienone is 2. The Bertz CT molecular complexity index is 311. The van der Waals surface area contributed by atoms with Gasteiger partial charge >= 0.3 is 0 Å². The van der Waals surface area contributed by atoms with Crippen LogP contribution >= 0.6 is 0 Å². The molecule has 0 unspecified atom stereocenters. The van der Waals surface area contributed by atoms with Gasteiger partial charge in [0, 0.05) is 13.2 Å². The van der Waals surface area contributed by atoms with Crippen molar-refractivity contribution in [2.24, 2.45) is 5.73 Å². The molecular formula is C8H12N4. The molecular weight excluding hydrogens is 152 g/mol. The lowest BCUT2D eigenvalue weighted by atomic mass is 10.1. The van der Waals surface area contributed by atoms with Gasteiger partial charge in [-0.2, -0.15) is 0 Å². The predicted molar refractivity (Wildman–Crippen MR) is 47.1 cm³/mol. The van der Waals surface area contributed by atoms with Crippen LogP contribution in [0.3, 0.4) is 0 Å². The molecule has 2 heterocycles. The zero-order valence-corrected chi connectivity index (χ0v) is 7.18. The van der Waals surface area contributed by atoms with Crippen LogP contribution in [0.4, 0.5) is 0 Å². The predicted octanol–water partition coefficient (Wildman–Crippen LogP) is -0.0449. The maximum atomic E-state index is 5.72. The van der Waals surface area contributed by atoms with Crippen LogP contribution in [0.2, 0.25) is 0 Å². The zero-order valence-electron chi connectivity index (χ0n) is 7.18. The number of hydrazine groups is 1. The van der Waals surface area contributed by atoms with Crippen molar-refractivity contribution in [3.63, 3.8) is 0 Å². The first kappa shape index (κ1) is 7.09. The van der Waals surface area contributed by atoms with Crippen LogP contribution in [0.25, 0.3) is 0 Å². The molecule has 2 rings (SSSR count). The Hall–Kier alpha value is -1.58. The largest absolute Gasteiger partial charge is 0.382 e. The highest BCUT2D eigenvalue weighted by atomic mass is 15.4. The molecule has 0 fully saturated rings. The molecule has 0 aliphatic carbocycles. The molecule has 4 nitrogen and oxygen atoms in total. The summed E-state index contributed by atoms with van der Waals surface area (Å²) in [7, 11) is 1.98. The summed E-state index contributed by atoms with van der Waals surface area (Å²) >= 11 is 0. The summed E-state index contributed by atoms with van der Waals surface area (Å²) in [4.78, 5) is 2.01. The summed E-state index contributed by atoms with van der Waals surface area (Å²) in [5.74, 6) is 0.674. The van der Waals surface area contributed by atoms with Gasteiger partial charge in [0.05, 0.1) is 5.70 Å². The summed E-state index contributed by atoms with van der Waals surface area (Å²) in [6.07, 6.45) is 4.10. The molecule has 64 valence electrons. The fourth-order valence-corrected chi connectivity index (χ4v) is 1.52. The first-order valence-corrected chi connectivity index (χ1v) is 3.83. The van der Waals surface area contributed by atoms with Gasteiger partial charge in [0.15, 0.2) is 0 Å². The fourth-order valence-electron chi connectivity index (χ4n) is 1.52. The molecule has 0 bridgehead atoms. The van der Waals surface area contributed by atoms with Crippen molar-refractivity contribution in [2.45, 2.75) is 6.92 Å². The second-order valence-electron chi connectivity index (χ2n) is 3.05. The molecule has 0 saturated heterocycles. The molecule has 0 aromatic rings. The average molecular weight is 164 g/mol. The lowest BCUT2D eigenvalue weighted by Gasteiger charge is -2.21. The van der Waals surface area contributed by atoms with Gasteiger partial charge in [-0.15, -0.1) is 0 Å². The van der Waals surface area contributed by atoms with Crippen molar-refractivity contribution < 1.29 is 0 Å². The molecule has 0 saturated carbocycles. The first-order chi connectivity index (χ1) is 5.68. The van der Waals surface area contributed by atoms with Gasteiger partial charge in [-0.25, -0.2) is 0 Å². The first-order valence-electron chi connectivity index (χ1n) is 3.83. The van der Waals surface area contributed by atoms with Crippen LogP contribution in [0, 0.1) is 0 Å². The summed E-state index contributed by atoms with van der Waals surface area (Å²) in [5, 5.41) is 0. The Balaban J connectivity index is 2.46. The third-order valence-electron chi connectivity index (χ3n) is 1.96. The molecule has 0 aromatic heterocycles. The molecule has 4 N–H and O–H groups in total. The summed E-state index contributed by atoms with van der Waals surface area (Å²) in [5.41, 5.74) is 14.9. The van der Waals surface area contributed by atoms with Crippen LogP contribution in [0.15, 0.2) is 35.1 Å². The number of nitrogens with one attached hydrogen (secondary N) is 2. The molecule has 12 heavy (non-hydrogen) atoms. The van der Waals surface area contributed by atoms with E-state index in [1.807, 2.05) is 18.1 Å². The molecule has 2 aliphatic rings. The third-order valence-corrected chi connectivity index (χ3v) is 1.96. The van der Waals surface area contributed by atoms with E-state index in [-0.39, 0.29) is 0 Å². The maximum absolute atomic E-state index is 5.72. The number of nitrogens with zero attached hydrogens (tertiary/aromatic N) is 1. The molecule has 4 heteroatoms. The Morgan fingerprint density at radius 1 is 1.42 bits per heavy atom. The SMILES string of the molecule is CC1=CN(C)C2=C(N)NNC2=C1. The monoisotopic (exact) mass is 164 g/mol. The topological polar surface area (TPSA) is 53.3 Å². The molecule has 0 aromatic carbocycles. The Labute approximate surface area is 71.4 Å². The van der Waals surface area contributed by atoms with Crippen molar-refractivity contribution in [3.05, 3.63) is 35.1 Å². The van der Waals surface area contributed by atoms with Crippen molar-refractivity contribution in [1.29, 1.82) is 0 Å². The van der Waals surface area contributed by atoms with E-state index in [1.54, 1.807) is 0 Å². The fraction of sp³-hybridized carbons (Fsp3) is 0.250. The highest BCUT2D eigenvalue weighted by Crippen LogP contribution is 2.23. The standard InChI is InChI=1S/C8H12N4/c1-5-3-6-7(12(2)4-5)8(9)11-10-6/h3-4,10-11H,9H2,1-2H3. The van der Waals surface area contributed by atoms with E-state index in [1.165, 1.54) is 5.57 Å². The van der Waals surface area contributed by atoms with Crippen molar-refractivity contribution in [2.75, 3.05) is 7.05 Å². The molecule has 0 amide bonds. The molecule has 0 radical (unpaired) electrons. The molecule has 0 spiro atoms. The van der Waals surface area contributed by atoms with Crippen LogP contribution in [-0.4, -0.2) is 11.9 Å². The van der Waals surface area contributed by atoms with Crippen molar-refractivity contribution in [1.82, 2.24) is 15.8 Å². The number of rotatable bonds is 0. The van der Waals surface area contributed by atoms with Gasteiger partial charge in [-0.3, -0.25) is 10.9 Å². The number of likely N-dealkylation sites (N-methyl/N-ethyl adjacent to an activating group) is 1. The van der Waals surface area contributed by atoms with Crippen molar-refractivity contribution in [3.8, 4) is 0 Å². The number of hydrogen-bond donors (Lipinski definition) is 3. The normalized spacial score (nSPS) is 21.0. The Kier molecular flexibility index (Phi) is 1.30. The average Bonchev–Trinajstić information content (AvgIpc) is 2.31. The lowest BCUT2D eigenvalue weighted by molar-refractivity contribution is 0.562. The van der Waals surface area contributed by atoms with Gasteiger partial charge in [0.1, 0.15) is 11.5 Å². The quantitative estimate of drug-likeness (QED) is 0.470. The van der Waals surface area contributed by atoms with Gasteiger partial charge in [0.25, 0.3) is 0 Å². The van der Waals surface area contributed by atoms with Crippen LogP contribution in [-0.2, 0) is 0 Å². The highest BCUT2D eigenvalue weighted by molar-refractivity contribution is 5.44. The molecule has 0 atom stereocenters. The molecule has 2 aliphatic heterocycles. The van der Waals surface area contributed by atoms with Gasteiger partial charge < -0.3 is 10.6 Å². The van der Waals surface area contributed by atoms with E-state index in [2.05, 4.69) is 23.9 Å². The minimum Gasteiger partial charge on any atom is -0.382 e. The Morgan fingerprint density at radius 3 is 2.92 bits per heavy atom. The van der Waals surface area contributed by atoms with E-state index in [0.717, 1.165) is 11.4 Å². The minimum absolute atomic E-state index is 0.674. The van der Waals surface area contributed by atoms with Gasteiger partial charge in [-0.05, 0) is 18.6 Å². The third kappa shape index (κ3) is 0.845. The van der Waals surface area contributed by atoms with E-state index in [4.69, 9.17) is 5.73 Å². The maximum Gasteiger partial charge on any atom is 0.141 e. The highest BCUT2D eigenvalue weighted by Gasteiger charge is 2.22. The second kappa shape index (κ2) is 2.20. The van der Waals surface area contributed by atoms with Gasteiger partial charge in [0.2, 0.25) is 0 Å². The van der Waals surface area contributed by atoms with Crippen LogP contribution in [0.1, 0.15) is 6.92 Å². The van der Waals surface area contributed by atoms with E-state index in [0.29, 0.717) is 5.82 Å².